The highest BCUT2D eigenvalue weighted by Gasteiger charge is 2.44. The van der Waals surface area contributed by atoms with Gasteiger partial charge in [-0.1, -0.05) is 11.3 Å². The standard InChI is InChI=1S/C21H19N5O3S/c22-20(27)26-10-13-6-14(26)9-25(13)8-12-11-28-17-7-15(3-4-16(12)17)29-21-24-19-18(30-21)2-1-5-23-19/h1-5,7,11,13-14H,6,8-10H2,(H2,22,27)/t13-,14-/m1/s1. The van der Waals surface area contributed by atoms with E-state index in [2.05, 4.69) is 14.9 Å². The number of furan rings is 1. The van der Waals surface area contributed by atoms with Gasteiger partial charge < -0.3 is 19.8 Å². The summed E-state index contributed by atoms with van der Waals surface area (Å²) in [5, 5.41) is 1.63. The molecule has 2 aliphatic heterocycles. The first-order valence-corrected chi connectivity index (χ1v) is 10.7. The highest BCUT2D eigenvalue weighted by molar-refractivity contribution is 7.20. The van der Waals surface area contributed by atoms with Gasteiger partial charge >= 0.3 is 6.03 Å². The molecule has 0 unspecified atom stereocenters. The molecule has 8 nitrogen and oxygen atoms in total. The van der Waals surface area contributed by atoms with E-state index in [4.69, 9.17) is 14.9 Å². The lowest BCUT2D eigenvalue weighted by Gasteiger charge is -2.33. The number of carbonyl (C=O) groups is 1. The first kappa shape index (κ1) is 17.7. The number of thiazole rings is 1. The summed E-state index contributed by atoms with van der Waals surface area (Å²) in [5.41, 5.74) is 8.07. The molecule has 1 aromatic carbocycles. The topological polar surface area (TPSA) is 97.7 Å². The molecule has 2 fully saturated rings. The predicted octanol–water partition coefficient (Wildman–Crippen LogP) is 3.57. The van der Waals surface area contributed by atoms with E-state index in [-0.39, 0.29) is 12.1 Å². The van der Waals surface area contributed by atoms with E-state index in [1.54, 1.807) is 11.1 Å². The predicted molar refractivity (Wildman–Crippen MR) is 113 cm³/mol. The Kier molecular flexibility index (Phi) is 3.93. The van der Waals surface area contributed by atoms with Crippen LogP contribution in [0.4, 0.5) is 4.79 Å². The average Bonchev–Trinajstić information content (AvgIpc) is 3.50. The fourth-order valence-electron chi connectivity index (χ4n) is 4.57. The third-order valence-corrected chi connectivity index (χ3v) is 6.88. The van der Waals surface area contributed by atoms with Crippen LogP contribution in [0.3, 0.4) is 0 Å². The summed E-state index contributed by atoms with van der Waals surface area (Å²) < 4.78 is 12.7. The molecule has 152 valence electrons. The number of hydrogen-bond acceptors (Lipinski definition) is 7. The molecule has 0 radical (unpaired) electrons. The number of piperazine rings is 1. The zero-order valence-corrected chi connectivity index (χ0v) is 16.8. The van der Waals surface area contributed by atoms with E-state index in [0.717, 1.165) is 40.7 Å². The molecule has 2 aliphatic rings. The number of nitrogens with two attached hydrogens (primary N) is 1. The molecular formula is C21H19N5O3S. The Hall–Kier alpha value is -3.17. The van der Waals surface area contributed by atoms with E-state index in [0.29, 0.717) is 29.2 Å². The fraction of sp³-hybridized carbons (Fsp3) is 0.286. The zero-order valence-electron chi connectivity index (χ0n) is 16.0. The lowest BCUT2D eigenvalue weighted by Crippen LogP contribution is -2.50. The van der Waals surface area contributed by atoms with Crippen LogP contribution in [0.5, 0.6) is 10.9 Å². The summed E-state index contributed by atoms with van der Waals surface area (Å²) in [6, 6.07) is 10.00. The van der Waals surface area contributed by atoms with Gasteiger partial charge in [-0.05, 0) is 30.7 Å². The van der Waals surface area contributed by atoms with E-state index < -0.39 is 0 Å². The van der Waals surface area contributed by atoms with Crippen LogP contribution in [0, 0.1) is 0 Å². The van der Waals surface area contributed by atoms with Crippen LogP contribution < -0.4 is 10.5 Å². The highest BCUT2D eigenvalue weighted by Crippen LogP contribution is 2.35. The van der Waals surface area contributed by atoms with Gasteiger partial charge in [0, 0.05) is 54.9 Å². The Bertz CT molecular complexity index is 1230. The molecule has 2 bridgehead atoms. The minimum atomic E-state index is -0.313. The van der Waals surface area contributed by atoms with Crippen LogP contribution in [0.1, 0.15) is 12.0 Å². The molecule has 2 atom stereocenters. The molecule has 3 aromatic heterocycles. The molecule has 0 spiro atoms. The van der Waals surface area contributed by atoms with Crippen molar-refractivity contribution in [1.82, 2.24) is 19.8 Å². The molecule has 5 heterocycles. The maximum Gasteiger partial charge on any atom is 0.315 e. The van der Waals surface area contributed by atoms with Crippen LogP contribution in [0.25, 0.3) is 21.3 Å². The molecule has 2 saturated heterocycles. The van der Waals surface area contributed by atoms with E-state index in [9.17, 15) is 4.79 Å². The van der Waals surface area contributed by atoms with Gasteiger partial charge in [0.25, 0.3) is 5.19 Å². The number of rotatable bonds is 4. The molecule has 0 saturated carbocycles. The van der Waals surface area contributed by atoms with Gasteiger partial charge in [0.2, 0.25) is 0 Å². The van der Waals surface area contributed by atoms with Crippen molar-refractivity contribution < 1.29 is 13.9 Å². The normalized spacial score (nSPS) is 21.1. The van der Waals surface area contributed by atoms with Crippen LogP contribution in [-0.2, 0) is 6.54 Å². The number of pyridine rings is 1. The number of aromatic nitrogens is 2. The van der Waals surface area contributed by atoms with Crippen molar-refractivity contribution in [1.29, 1.82) is 0 Å². The molecule has 30 heavy (non-hydrogen) atoms. The third-order valence-electron chi connectivity index (χ3n) is 5.99. The molecule has 6 rings (SSSR count). The van der Waals surface area contributed by atoms with Crippen molar-refractivity contribution in [2.75, 3.05) is 13.1 Å². The van der Waals surface area contributed by atoms with Crippen molar-refractivity contribution in [3.8, 4) is 10.9 Å². The fourth-order valence-corrected chi connectivity index (χ4v) is 5.37. The highest BCUT2D eigenvalue weighted by atomic mass is 32.1. The van der Waals surface area contributed by atoms with Gasteiger partial charge in [-0.25, -0.2) is 9.78 Å². The van der Waals surface area contributed by atoms with Gasteiger partial charge in [-0.3, -0.25) is 4.90 Å². The molecule has 2 N–H and O–H groups in total. The number of amides is 2. The summed E-state index contributed by atoms with van der Waals surface area (Å²) in [7, 11) is 0. The van der Waals surface area contributed by atoms with Crippen molar-refractivity contribution in [3.63, 3.8) is 0 Å². The number of nitrogens with zero attached hydrogens (tertiary/aromatic N) is 4. The zero-order chi connectivity index (χ0) is 20.2. The lowest BCUT2D eigenvalue weighted by molar-refractivity contribution is 0.137. The second kappa shape index (κ2) is 6.68. The van der Waals surface area contributed by atoms with Crippen molar-refractivity contribution in [2.24, 2.45) is 5.73 Å². The van der Waals surface area contributed by atoms with Crippen LogP contribution in [0.2, 0.25) is 0 Å². The van der Waals surface area contributed by atoms with Crippen LogP contribution in [0.15, 0.2) is 47.2 Å². The number of fused-ring (bicyclic) bond motifs is 4. The number of benzene rings is 1. The van der Waals surface area contributed by atoms with Gasteiger partial charge in [-0.15, -0.1) is 0 Å². The van der Waals surface area contributed by atoms with Crippen LogP contribution in [-0.4, -0.2) is 51.0 Å². The maximum atomic E-state index is 11.5. The van der Waals surface area contributed by atoms with Gasteiger partial charge in [0.1, 0.15) is 11.3 Å². The third kappa shape index (κ3) is 2.89. The van der Waals surface area contributed by atoms with Crippen molar-refractivity contribution >= 4 is 38.7 Å². The summed E-state index contributed by atoms with van der Waals surface area (Å²) in [6.45, 7) is 2.36. The number of primary amides is 1. The molecule has 9 heteroatoms. The minimum Gasteiger partial charge on any atom is -0.464 e. The maximum absolute atomic E-state index is 11.5. The SMILES string of the molecule is NC(=O)N1C[C@H]2C[C@@H]1CN2Cc1coc2cc(Oc3nc4ncccc4s3)ccc12. The monoisotopic (exact) mass is 421 g/mol. The number of carbonyl (C=O) groups excluding carboxylic acids is 1. The summed E-state index contributed by atoms with van der Waals surface area (Å²) in [5.74, 6) is 0.680. The Labute approximate surface area is 175 Å². The molecule has 4 aromatic rings. The number of likely N-dealkylation sites (tertiary alicyclic amines) is 2. The van der Waals surface area contributed by atoms with Gasteiger partial charge in [0.15, 0.2) is 5.65 Å². The Morgan fingerprint density at radius 1 is 1.30 bits per heavy atom. The number of ether oxygens (including phenoxy) is 1. The smallest absolute Gasteiger partial charge is 0.315 e. The number of hydrogen-bond donors (Lipinski definition) is 1. The van der Waals surface area contributed by atoms with E-state index in [1.165, 1.54) is 11.3 Å². The Morgan fingerprint density at radius 2 is 2.23 bits per heavy atom. The van der Waals surface area contributed by atoms with Crippen LogP contribution >= 0.6 is 11.3 Å². The average molecular weight is 421 g/mol. The quantitative estimate of drug-likeness (QED) is 0.541. The molecule has 0 aliphatic carbocycles. The van der Waals surface area contributed by atoms with Crippen molar-refractivity contribution in [3.05, 3.63) is 48.4 Å². The molecule has 2 amide bonds. The van der Waals surface area contributed by atoms with E-state index in [1.807, 2.05) is 36.6 Å². The van der Waals surface area contributed by atoms with Gasteiger partial charge in [0.05, 0.1) is 11.0 Å². The summed E-state index contributed by atoms with van der Waals surface area (Å²) in [6.07, 6.45) is 4.53. The molecular weight excluding hydrogens is 402 g/mol. The first-order chi connectivity index (χ1) is 14.6. The summed E-state index contributed by atoms with van der Waals surface area (Å²) >= 11 is 1.46. The van der Waals surface area contributed by atoms with E-state index >= 15 is 0 Å². The second-order valence-corrected chi connectivity index (χ2v) is 8.78. The Morgan fingerprint density at radius 3 is 3.03 bits per heavy atom. The summed E-state index contributed by atoms with van der Waals surface area (Å²) in [4.78, 5) is 24.4. The Balaban J connectivity index is 1.20. The largest absolute Gasteiger partial charge is 0.464 e. The minimum absolute atomic E-state index is 0.231. The lowest BCUT2D eigenvalue weighted by atomic mass is 10.1. The van der Waals surface area contributed by atoms with Gasteiger partial charge in [-0.2, -0.15) is 4.98 Å². The first-order valence-electron chi connectivity index (χ1n) is 9.84. The number of urea groups is 1. The van der Waals surface area contributed by atoms with Crippen molar-refractivity contribution in [2.45, 2.75) is 25.0 Å². The second-order valence-electron chi connectivity index (χ2n) is 7.79.